The summed E-state index contributed by atoms with van der Waals surface area (Å²) in [6.45, 7) is 0. The number of carbonyl (C=O) groups excluding carboxylic acids is 2. The van der Waals surface area contributed by atoms with Crippen molar-refractivity contribution in [1.82, 2.24) is 0 Å². The summed E-state index contributed by atoms with van der Waals surface area (Å²) in [6.07, 6.45) is 0. The molecule has 1 aromatic carbocycles. The van der Waals surface area contributed by atoms with Crippen LogP contribution in [0.4, 0.5) is 10.5 Å². The summed E-state index contributed by atoms with van der Waals surface area (Å²) in [5.41, 5.74) is 0.809. The molecule has 0 heterocycles. The number of rotatable bonds is 2. The fourth-order valence-electron chi connectivity index (χ4n) is 0.955. The lowest BCUT2D eigenvalue weighted by molar-refractivity contribution is 0.0601. The van der Waals surface area contributed by atoms with Gasteiger partial charge in [0.15, 0.2) is 0 Å². The number of esters is 1. The molecule has 4 nitrogen and oxygen atoms in total. The molecule has 0 atom stereocenters. The number of benzene rings is 1. The molecule has 1 amide bonds. The van der Waals surface area contributed by atoms with Crippen molar-refractivity contribution >= 4 is 28.6 Å². The van der Waals surface area contributed by atoms with E-state index in [0.29, 0.717) is 11.3 Å². The van der Waals surface area contributed by atoms with E-state index in [-0.39, 0.29) is 0 Å². The highest BCUT2D eigenvalue weighted by Crippen LogP contribution is 2.11. The molecule has 1 rings (SSSR count). The van der Waals surface area contributed by atoms with Crippen LogP contribution < -0.4 is 5.32 Å². The molecular formula is C9H8ClNO3. The predicted octanol–water partition coefficient (Wildman–Crippen LogP) is 2.24. The van der Waals surface area contributed by atoms with E-state index in [0.717, 1.165) is 0 Å². The van der Waals surface area contributed by atoms with Crippen molar-refractivity contribution in [2.45, 2.75) is 0 Å². The van der Waals surface area contributed by atoms with Crippen molar-refractivity contribution in [3.63, 3.8) is 0 Å². The van der Waals surface area contributed by atoms with Crippen molar-refractivity contribution < 1.29 is 14.3 Å². The number of amides is 1. The summed E-state index contributed by atoms with van der Waals surface area (Å²) in [4.78, 5) is 21.6. The van der Waals surface area contributed by atoms with Crippen molar-refractivity contribution in [3.8, 4) is 0 Å². The standard InChI is InChI=1S/C9H8ClNO3/c1-14-8(12)6-3-2-4-7(5-6)11-9(10)13/h2-5H,1H3,(H,11,13). The number of methoxy groups -OCH3 is 1. The van der Waals surface area contributed by atoms with E-state index in [4.69, 9.17) is 11.6 Å². The third-order valence-electron chi connectivity index (χ3n) is 1.53. The van der Waals surface area contributed by atoms with Gasteiger partial charge >= 0.3 is 11.3 Å². The topological polar surface area (TPSA) is 55.4 Å². The number of nitrogens with one attached hydrogen (secondary N) is 1. The first-order valence-corrected chi connectivity index (χ1v) is 4.16. The molecule has 0 aliphatic heterocycles. The van der Waals surface area contributed by atoms with E-state index in [1.807, 2.05) is 0 Å². The van der Waals surface area contributed by atoms with E-state index < -0.39 is 11.3 Å². The van der Waals surface area contributed by atoms with Gasteiger partial charge in [0.25, 0.3) is 0 Å². The molecule has 0 bridgehead atoms. The monoisotopic (exact) mass is 213 g/mol. The summed E-state index contributed by atoms with van der Waals surface area (Å²) in [6, 6.07) is 6.29. The second-order valence-electron chi connectivity index (χ2n) is 2.47. The van der Waals surface area contributed by atoms with Crippen molar-refractivity contribution in [1.29, 1.82) is 0 Å². The zero-order valence-corrected chi connectivity index (χ0v) is 8.17. The zero-order chi connectivity index (χ0) is 10.6. The molecular weight excluding hydrogens is 206 g/mol. The lowest BCUT2D eigenvalue weighted by Gasteiger charge is -2.02. The molecule has 0 aliphatic carbocycles. The second kappa shape index (κ2) is 4.62. The highest BCUT2D eigenvalue weighted by atomic mass is 35.5. The molecule has 0 spiro atoms. The van der Waals surface area contributed by atoms with E-state index in [1.165, 1.54) is 13.2 Å². The van der Waals surface area contributed by atoms with E-state index in [1.54, 1.807) is 18.2 Å². The normalized spacial score (nSPS) is 9.29. The third-order valence-corrected chi connectivity index (χ3v) is 1.62. The number of carbonyl (C=O) groups is 2. The van der Waals surface area contributed by atoms with Gasteiger partial charge in [-0.05, 0) is 29.8 Å². The van der Waals surface area contributed by atoms with Gasteiger partial charge in [0.1, 0.15) is 0 Å². The Hall–Kier alpha value is -1.55. The average molecular weight is 214 g/mol. The first-order chi connectivity index (χ1) is 6.63. The molecule has 0 saturated heterocycles. The molecule has 5 heteroatoms. The van der Waals surface area contributed by atoms with Gasteiger partial charge in [-0.25, -0.2) is 4.79 Å². The fraction of sp³-hybridized carbons (Fsp3) is 0.111. The molecule has 0 radical (unpaired) electrons. The molecule has 14 heavy (non-hydrogen) atoms. The number of ether oxygens (including phenoxy) is 1. The Morgan fingerprint density at radius 2 is 2.14 bits per heavy atom. The molecule has 1 aromatic rings. The molecule has 1 N–H and O–H groups in total. The van der Waals surface area contributed by atoms with Crippen LogP contribution in [0.15, 0.2) is 24.3 Å². The number of hydrogen-bond acceptors (Lipinski definition) is 3. The average Bonchev–Trinajstić information content (AvgIpc) is 2.16. The van der Waals surface area contributed by atoms with Crippen LogP contribution in [-0.4, -0.2) is 18.4 Å². The minimum atomic E-state index is -0.702. The lowest BCUT2D eigenvalue weighted by Crippen LogP contribution is -2.04. The van der Waals surface area contributed by atoms with Crippen LogP contribution in [0.25, 0.3) is 0 Å². The highest BCUT2D eigenvalue weighted by Gasteiger charge is 2.05. The Labute approximate surface area is 85.8 Å². The van der Waals surface area contributed by atoms with E-state index in [2.05, 4.69) is 10.1 Å². The van der Waals surface area contributed by atoms with Gasteiger partial charge in [0, 0.05) is 5.69 Å². The van der Waals surface area contributed by atoms with Crippen molar-refractivity contribution in [2.75, 3.05) is 12.4 Å². The highest BCUT2D eigenvalue weighted by molar-refractivity contribution is 6.65. The van der Waals surface area contributed by atoms with Gasteiger partial charge in [-0.15, -0.1) is 0 Å². The molecule has 0 aliphatic rings. The predicted molar refractivity (Wildman–Crippen MR) is 52.7 cm³/mol. The van der Waals surface area contributed by atoms with Gasteiger partial charge in [0.2, 0.25) is 0 Å². The minimum absolute atomic E-state index is 0.357. The van der Waals surface area contributed by atoms with Gasteiger partial charge < -0.3 is 10.1 Å². The van der Waals surface area contributed by atoms with E-state index in [9.17, 15) is 9.59 Å². The third kappa shape index (κ3) is 2.74. The largest absolute Gasteiger partial charge is 0.465 e. The number of halogens is 1. The van der Waals surface area contributed by atoms with Crippen molar-refractivity contribution in [3.05, 3.63) is 29.8 Å². The molecule has 74 valence electrons. The number of anilines is 1. The minimum Gasteiger partial charge on any atom is -0.465 e. The van der Waals surface area contributed by atoms with Gasteiger partial charge in [0.05, 0.1) is 12.7 Å². The van der Waals surface area contributed by atoms with Crippen LogP contribution in [0.1, 0.15) is 10.4 Å². The Morgan fingerprint density at radius 1 is 1.43 bits per heavy atom. The van der Waals surface area contributed by atoms with Crippen LogP contribution in [0.3, 0.4) is 0 Å². The zero-order valence-electron chi connectivity index (χ0n) is 7.41. The van der Waals surface area contributed by atoms with Gasteiger partial charge in [-0.3, -0.25) is 4.79 Å². The summed E-state index contributed by atoms with van der Waals surface area (Å²) < 4.78 is 4.51. The lowest BCUT2D eigenvalue weighted by atomic mass is 10.2. The first kappa shape index (κ1) is 10.5. The SMILES string of the molecule is COC(=O)c1cccc(NC(=O)Cl)c1. The maximum atomic E-state index is 11.1. The Balaban J connectivity index is 2.89. The van der Waals surface area contributed by atoms with Crippen LogP contribution in [0, 0.1) is 0 Å². The summed E-state index contributed by atoms with van der Waals surface area (Å²) >= 11 is 5.11. The maximum Gasteiger partial charge on any atom is 0.337 e. The Kier molecular flexibility index (Phi) is 3.48. The molecule has 0 fully saturated rings. The van der Waals surface area contributed by atoms with Crippen LogP contribution in [-0.2, 0) is 4.74 Å². The first-order valence-electron chi connectivity index (χ1n) is 3.78. The van der Waals surface area contributed by atoms with Gasteiger partial charge in [-0.1, -0.05) is 6.07 Å². The summed E-state index contributed by atoms with van der Waals surface area (Å²) in [5.74, 6) is -0.462. The Bertz CT molecular complexity index is 365. The van der Waals surface area contributed by atoms with Crippen LogP contribution >= 0.6 is 11.6 Å². The fourth-order valence-corrected chi connectivity index (χ4v) is 1.06. The smallest absolute Gasteiger partial charge is 0.337 e. The van der Waals surface area contributed by atoms with E-state index >= 15 is 0 Å². The number of hydrogen-bond donors (Lipinski definition) is 1. The summed E-state index contributed by atoms with van der Waals surface area (Å²) in [5, 5.41) is 1.64. The summed E-state index contributed by atoms with van der Waals surface area (Å²) in [7, 11) is 1.29. The maximum absolute atomic E-state index is 11.1. The van der Waals surface area contributed by atoms with Crippen LogP contribution in [0.5, 0.6) is 0 Å². The second-order valence-corrected chi connectivity index (χ2v) is 2.81. The Morgan fingerprint density at radius 3 is 2.71 bits per heavy atom. The molecule has 0 aromatic heterocycles. The van der Waals surface area contributed by atoms with Crippen molar-refractivity contribution in [2.24, 2.45) is 0 Å². The van der Waals surface area contributed by atoms with Crippen LogP contribution in [0.2, 0.25) is 0 Å². The molecule has 0 unspecified atom stereocenters. The van der Waals surface area contributed by atoms with Gasteiger partial charge in [-0.2, -0.15) is 0 Å². The quantitative estimate of drug-likeness (QED) is 0.466. The molecule has 0 saturated carbocycles.